The van der Waals surface area contributed by atoms with Gasteiger partial charge in [-0.25, -0.2) is 0 Å². The van der Waals surface area contributed by atoms with E-state index in [9.17, 15) is 14.4 Å². The Morgan fingerprint density at radius 2 is 1.83 bits per heavy atom. The molecule has 1 aromatic rings. The normalized spacial score (nSPS) is 19.2. The summed E-state index contributed by atoms with van der Waals surface area (Å²) in [5.74, 6) is -0.391. The van der Waals surface area contributed by atoms with Gasteiger partial charge in [-0.15, -0.1) is 12.4 Å². The summed E-state index contributed by atoms with van der Waals surface area (Å²) in [7, 11) is 0. The Morgan fingerprint density at radius 3 is 2.42 bits per heavy atom. The molecule has 0 aromatic heterocycles. The lowest BCUT2D eigenvalue weighted by Crippen LogP contribution is -2.40. The maximum Gasteiger partial charge on any atom is 0.261 e. The van der Waals surface area contributed by atoms with Gasteiger partial charge in [0.25, 0.3) is 11.8 Å². The molecule has 0 radical (unpaired) electrons. The summed E-state index contributed by atoms with van der Waals surface area (Å²) >= 11 is 0. The van der Waals surface area contributed by atoms with Crippen molar-refractivity contribution in [1.29, 1.82) is 0 Å². The van der Waals surface area contributed by atoms with E-state index in [-0.39, 0.29) is 36.2 Å². The summed E-state index contributed by atoms with van der Waals surface area (Å²) in [6.07, 6.45) is 3.36. The number of hydrogen-bond acceptors (Lipinski definition) is 4. The highest BCUT2D eigenvalue weighted by molar-refractivity contribution is 6.21. The standard InChI is InChI=1S/C17H21N3O3.ClH/c21-15(14-8-5-10-18-14)19-9-3-4-11-20-16(22)12-6-1-2-7-13(12)17(20)23;/h1-2,6-7,14,18H,3-5,8-11H2,(H,19,21);1H. The monoisotopic (exact) mass is 351 g/mol. The topological polar surface area (TPSA) is 78.5 Å². The SMILES string of the molecule is Cl.O=C(NCCCCN1C(=O)c2ccccc2C1=O)C1CCCN1. The second-order valence-corrected chi connectivity index (χ2v) is 5.95. The van der Waals surface area contributed by atoms with Crippen LogP contribution in [0, 0.1) is 0 Å². The Morgan fingerprint density at radius 1 is 1.17 bits per heavy atom. The highest BCUT2D eigenvalue weighted by Gasteiger charge is 2.34. The Hall–Kier alpha value is -1.92. The fourth-order valence-electron chi connectivity index (χ4n) is 3.08. The third kappa shape index (κ3) is 3.76. The molecule has 2 aliphatic rings. The van der Waals surface area contributed by atoms with Crippen LogP contribution in [0.1, 0.15) is 46.4 Å². The van der Waals surface area contributed by atoms with Gasteiger partial charge in [0.15, 0.2) is 0 Å². The van der Waals surface area contributed by atoms with Crippen LogP contribution >= 0.6 is 12.4 Å². The fourth-order valence-corrected chi connectivity index (χ4v) is 3.08. The van der Waals surface area contributed by atoms with E-state index < -0.39 is 0 Å². The van der Waals surface area contributed by atoms with Gasteiger partial charge in [-0.05, 0) is 44.4 Å². The molecule has 2 N–H and O–H groups in total. The highest BCUT2D eigenvalue weighted by Crippen LogP contribution is 2.22. The van der Waals surface area contributed by atoms with Gasteiger partial charge < -0.3 is 10.6 Å². The molecule has 1 saturated heterocycles. The quantitative estimate of drug-likeness (QED) is 0.599. The third-order valence-electron chi connectivity index (χ3n) is 4.36. The van der Waals surface area contributed by atoms with Gasteiger partial charge in [0.1, 0.15) is 0 Å². The minimum atomic E-state index is -0.218. The van der Waals surface area contributed by atoms with Crippen molar-refractivity contribution in [1.82, 2.24) is 15.5 Å². The molecule has 24 heavy (non-hydrogen) atoms. The van der Waals surface area contributed by atoms with Crippen LogP contribution in [-0.4, -0.2) is 48.3 Å². The van der Waals surface area contributed by atoms with Crippen molar-refractivity contribution < 1.29 is 14.4 Å². The van der Waals surface area contributed by atoms with Crippen LogP contribution in [0.15, 0.2) is 24.3 Å². The maximum absolute atomic E-state index is 12.2. The van der Waals surface area contributed by atoms with E-state index in [2.05, 4.69) is 10.6 Å². The number of amides is 3. The number of carbonyl (C=O) groups excluding carboxylic acids is 3. The van der Waals surface area contributed by atoms with Crippen LogP contribution in [0.25, 0.3) is 0 Å². The first-order valence-corrected chi connectivity index (χ1v) is 8.15. The van der Waals surface area contributed by atoms with Crippen LogP contribution in [0.4, 0.5) is 0 Å². The van der Waals surface area contributed by atoms with Gasteiger partial charge in [-0.3, -0.25) is 19.3 Å². The number of hydrogen-bond donors (Lipinski definition) is 2. The molecule has 130 valence electrons. The Labute approximate surface area is 147 Å². The Balaban J connectivity index is 0.00000208. The minimum absolute atomic E-state index is 0. The summed E-state index contributed by atoms with van der Waals surface area (Å²) in [6.45, 7) is 1.86. The van der Waals surface area contributed by atoms with Crippen LogP contribution < -0.4 is 10.6 Å². The summed E-state index contributed by atoms with van der Waals surface area (Å²) in [4.78, 5) is 37.5. The van der Waals surface area contributed by atoms with Crippen molar-refractivity contribution in [3.63, 3.8) is 0 Å². The number of nitrogens with zero attached hydrogens (tertiary/aromatic N) is 1. The smallest absolute Gasteiger partial charge is 0.261 e. The Bertz CT molecular complexity index is 594. The van der Waals surface area contributed by atoms with Crippen molar-refractivity contribution in [2.75, 3.05) is 19.6 Å². The van der Waals surface area contributed by atoms with E-state index in [1.165, 1.54) is 4.90 Å². The van der Waals surface area contributed by atoms with Crippen LogP contribution in [-0.2, 0) is 4.79 Å². The third-order valence-corrected chi connectivity index (χ3v) is 4.36. The summed E-state index contributed by atoms with van der Waals surface area (Å²) in [5, 5.41) is 6.05. The van der Waals surface area contributed by atoms with Gasteiger partial charge in [-0.1, -0.05) is 12.1 Å². The minimum Gasteiger partial charge on any atom is -0.355 e. The number of halogens is 1. The first-order valence-electron chi connectivity index (χ1n) is 8.15. The largest absolute Gasteiger partial charge is 0.355 e. The van der Waals surface area contributed by atoms with E-state index in [1.807, 2.05) is 0 Å². The average molecular weight is 352 g/mol. The van der Waals surface area contributed by atoms with Crippen LogP contribution in [0.5, 0.6) is 0 Å². The van der Waals surface area contributed by atoms with E-state index in [0.717, 1.165) is 25.8 Å². The zero-order chi connectivity index (χ0) is 16.2. The number of rotatable bonds is 6. The van der Waals surface area contributed by atoms with Gasteiger partial charge >= 0.3 is 0 Å². The first-order chi connectivity index (χ1) is 11.2. The molecule has 6 nitrogen and oxygen atoms in total. The van der Waals surface area contributed by atoms with E-state index in [1.54, 1.807) is 24.3 Å². The molecule has 7 heteroatoms. The first kappa shape index (κ1) is 18.4. The number of imide groups is 1. The van der Waals surface area contributed by atoms with Crippen LogP contribution in [0.2, 0.25) is 0 Å². The lowest BCUT2D eigenvalue weighted by Gasteiger charge is -2.14. The van der Waals surface area contributed by atoms with Crippen molar-refractivity contribution in [2.24, 2.45) is 0 Å². The fraction of sp³-hybridized carbons (Fsp3) is 0.471. The molecule has 0 spiro atoms. The molecule has 3 rings (SSSR count). The molecule has 1 aromatic carbocycles. The summed E-state index contributed by atoms with van der Waals surface area (Å²) in [5.41, 5.74) is 0.969. The number of nitrogens with one attached hydrogen (secondary N) is 2. The number of unbranched alkanes of at least 4 members (excludes halogenated alkanes) is 1. The lowest BCUT2D eigenvalue weighted by molar-refractivity contribution is -0.122. The molecule has 0 saturated carbocycles. The van der Waals surface area contributed by atoms with Crippen LogP contribution in [0.3, 0.4) is 0 Å². The van der Waals surface area contributed by atoms with Crippen molar-refractivity contribution in [3.8, 4) is 0 Å². The number of benzene rings is 1. The molecule has 1 unspecified atom stereocenters. The van der Waals surface area contributed by atoms with E-state index >= 15 is 0 Å². The second-order valence-electron chi connectivity index (χ2n) is 5.95. The number of carbonyl (C=O) groups is 3. The van der Waals surface area contributed by atoms with Gasteiger partial charge in [0.05, 0.1) is 17.2 Å². The van der Waals surface area contributed by atoms with Crippen molar-refractivity contribution >= 4 is 30.1 Å². The van der Waals surface area contributed by atoms with E-state index in [4.69, 9.17) is 0 Å². The predicted octanol–water partition coefficient (Wildman–Crippen LogP) is 1.35. The molecule has 3 amide bonds. The average Bonchev–Trinajstić information content (AvgIpc) is 3.18. The molecular formula is C17H22ClN3O3. The summed E-state index contributed by atoms with van der Waals surface area (Å²) < 4.78 is 0. The Kier molecular flexibility index (Phi) is 6.34. The molecular weight excluding hydrogens is 330 g/mol. The highest BCUT2D eigenvalue weighted by atomic mass is 35.5. The summed E-state index contributed by atoms with van der Waals surface area (Å²) in [6, 6.07) is 6.83. The second kappa shape index (κ2) is 8.26. The van der Waals surface area contributed by atoms with Crippen molar-refractivity contribution in [3.05, 3.63) is 35.4 Å². The lowest BCUT2D eigenvalue weighted by atomic mass is 10.1. The predicted molar refractivity (Wildman–Crippen MR) is 92.3 cm³/mol. The molecule has 1 fully saturated rings. The molecule has 2 aliphatic heterocycles. The van der Waals surface area contributed by atoms with Gasteiger partial charge in [0, 0.05) is 13.1 Å². The molecule has 0 aliphatic carbocycles. The molecule has 1 atom stereocenters. The maximum atomic E-state index is 12.2. The number of fused-ring (bicyclic) bond motifs is 1. The molecule has 0 bridgehead atoms. The van der Waals surface area contributed by atoms with Crippen molar-refractivity contribution in [2.45, 2.75) is 31.7 Å². The van der Waals surface area contributed by atoms with Gasteiger partial charge in [-0.2, -0.15) is 0 Å². The zero-order valence-electron chi connectivity index (χ0n) is 13.4. The zero-order valence-corrected chi connectivity index (χ0v) is 14.2. The van der Waals surface area contributed by atoms with Gasteiger partial charge in [0.2, 0.25) is 5.91 Å². The van der Waals surface area contributed by atoms with E-state index in [0.29, 0.717) is 30.6 Å². The molecule has 2 heterocycles.